The van der Waals surface area contributed by atoms with Crippen molar-refractivity contribution in [1.29, 1.82) is 0 Å². The van der Waals surface area contributed by atoms with Crippen LogP contribution in [0.5, 0.6) is 0 Å². The largest absolute Gasteiger partial charge is 0.359 e. The van der Waals surface area contributed by atoms with Crippen LogP contribution in [0.2, 0.25) is 0 Å². The minimum Gasteiger partial charge on any atom is -0.359 e. The van der Waals surface area contributed by atoms with Crippen molar-refractivity contribution in [3.63, 3.8) is 0 Å². The lowest BCUT2D eigenvalue weighted by molar-refractivity contribution is -0.120. The van der Waals surface area contributed by atoms with Crippen molar-refractivity contribution in [2.45, 2.75) is 52.5 Å². The molecule has 0 aromatic heterocycles. The van der Waals surface area contributed by atoms with E-state index in [2.05, 4.69) is 36.3 Å². The van der Waals surface area contributed by atoms with Crippen molar-refractivity contribution in [3.8, 4) is 0 Å². The number of carbonyl (C=O) groups is 1. The molecular weight excluding hydrogens is 226 g/mol. The van der Waals surface area contributed by atoms with Gasteiger partial charge in [-0.2, -0.15) is 0 Å². The second kappa shape index (κ2) is 11.5. The second-order valence-corrected chi connectivity index (χ2v) is 4.80. The summed E-state index contributed by atoms with van der Waals surface area (Å²) in [5.74, 6) is 0.131. The number of hydrogen-bond donors (Lipinski definition) is 2. The minimum atomic E-state index is 0.131. The molecular formula is C14H31N3O. The first-order valence-electron chi connectivity index (χ1n) is 7.30. The van der Waals surface area contributed by atoms with Gasteiger partial charge in [-0.1, -0.05) is 13.8 Å². The second-order valence-electron chi connectivity index (χ2n) is 4.80. The molecule has 108 valence electrons. The fourth-order valence-corrected chi connectivity index (χ4v) is 1.99. The molecule has 0 aromatic carbocycles. The SMILES string of the molecule is CCN(CC)CCCC(C)NCCCC(=O)NC. The monoisotopic (exact) mass is 257 g/mol. The first-order chi connectivity index (χ1) is 8.63. The highest BCUT2D eigenvalue weighted by atomic mass is 16.1. The zero-order chi connectivity index (χ0) is 13.8. The molecule has 0 radical (unpaired) electrons. The van der Waals surface area contributed by atoms with Crippen LogP contribution in [-0.4, -0.2) is 50.1 Å². The maximum absolute atomic E-state index is 11.0. The molecule has 4 nitrogen and oxygen atoms in total. The van der Waals surface area contributed by atoms with Gasteiger partial charge < -0.3 is 15.5 Å². The van der Waals surface area contributed by atoms with Crippen molar-refractivity contribution >= 4 is 5.91 Å². The normalized spacial score (nSPS) is 12.7. The van der Waals surface area contributed by atoms with E-state index in [0.717, 1.165) is 26.1 Å². The van der Waals surface area contributed by atoms with Crippen molar-refractivity contribution < 1.29 is 4.79 Å². The highest BCUT2D eigenvalue weighted by Gasteiger charge is 2.04. The summed E-state index contributed by atoms with van der Waals surface area (Å²) < 4.78 is 0. The van der Waals surface area contributed by atoms with Crippen LogP contribution in [0.25, 0.3) is 0 Å². The lowest BCUT2D eigenvalue weighted by Gasteiger charge is -2.19. The standard InChI is InChI=1S/C14H31N3O/c1-5-17(6-2)12-8-9-13(3)16-11-7-10-14(18)15-4/h13,16H,5-12H2,1-4H3,(H,15,18). The third-order valence-electron chi connectivity index (χ3n) is 3.36. The van der Waals surface area contributed by atoms with Gasteiger partial charge in [0.05, 0.1) is 0 Å². The molecule has 4 heteroatoms. The van der Waals surface area contributed by atoms with E-state index in [1.807, 2.05) is 0 Å². The molecule has 18 heavy (non-hydrogen) atoms. The van der Waals surface area contributed by atoms with E-state index in [9.17, 15) is 4.79 Å². The van der Waals surface area contributed by atoms with Gasteiger partial charge in [0.15, 0.2) is 0 Å². The first kappa shape index (κ1) is 17.4. The first-order valence-corrected chi connectivity index (χ1v) is 7.30. The molecule has 1 unspecified atom stereocenters. The lowest BCUT2D eigenvalue weighted by Crippen LogP contribution is -2.30. The minimum absolute atomic E-state index is 0.131. The van der Waals surface area contributed by atoms with Gasteiger partial charge in [-0.15, -0.1) is 0 Å². The Labute approximate surface area is 113 Å². The van der Waals surface area contributed by atoms with Crippen LogP contribution >= 0.6 is 0 Å². The fraction of sp³-hybridized carbons (Fsp3) is 0.929. The van der Waals surface area contributed by atoms with E-state index in [1.54, 1.807) is 7.05 Å². The molecule has 2 N–H and O–H groups in total. The van der Waals surface area contributed by atoms with Gasteiger partial charge in [-0.25, -0.2) is 0 Å². The summed E-state index contributed by atoms with van der Waals surface area (Å²) in [5.41, 5.74) is 0. The van der Waals surface area contributed by atoms with Crippen molar-refractivity contribution in [2.24, 2.45) is 0 Å². The van der Waals surface area contributed by atoms with E-state index >= 15 is 0 Å². The van der Waals surface area contributed by atoms with Crippen LogP contribution in [-0.2, 0) is 4.79 Å². The van der Waals surface area contributed by atoms with Crippen LogP contribution in [0.3, 0.4) is 0 Å². The predicted octanol–water partition coefficient (Wildman–Crippen LogP) is 1.61. The Morgan fingerprint density at radius 1 is 1.22 bits per heavy atom. The van der Waals surface area contributed by atoms with Crippen LogP contribution in [0.1, 0.15) is 46.5 Å². The van der Waals surface area contributed by atoms with Gasteiger partial charge in [0.25, 0.3) is 0 Å². The summed E-state index contributed by atoms with van der Waals surface area (Å²) in [4.78, 5) is 13.5. The Balaban J connectivity index is 3.42. The topological polar surface area (TPSA) is 44.4 Å². The zero-order valence-corrected chi connectivity index (χ0v) is 12.6. The van der Waals surface area contributed by atoms with Crippen LogP contribution < -0.4 is 10.6 Å². The van der Waals surface area contributed by atoms with E-state index in [0.29, 0.717) is 12.5 Å². The third kappa shape index (κ3) is 9.42. The van der Waals surface area contributed by atoms with E-state index in [-0.39, 0.29) is 5.91 Å². The molecule has 1 atom stereocenters. The molecule has 0 aliphatic rings. The van der Waals surface area contributed by atoms with Gasteiger partial charge in [-0.3, -0.25) is 4.79 Å². The molecule has 0 aromatic rings. The average Bonchev–Trinajstić information content (AvgIpc) is 2.39. The molecule has 0 spiro atoms. The number of hydrogen-bond acceptors (Lipinski definition) is 3. The van der Waals surface area contributed by atoms with Crippen LogP contribution in [0.15, 0.2) is 0 Å². The molecule has 1 amide bonds. The summed E-state index contributed by atoms with van der Waals surface area (Å²) in [6, 6.07) is 0.547. The van der Waals surface area contributed by atoms with Crippen LogP contribution in [0, 0.1) is 0 Å². The van der Waals surface area contributed by atoms with Crippen LogP contribution in [0.4, 0.5) is 0 Å². The maximum atomic E-state index is 11.0. The van der Waals surface area contributed by atoms with Crippen molar-refractivity contribution in [2.75, 3.05) is 33.2 Å². The quantitative estimate of drug-likeness (QED) is 0.553. The summed E-state index contributed by atoms with van der Waals surface area (Å²) in [6.07, 6.45) is 3.98. The lowest BCUT2D eigenvalue weighted by atomic mass is 10.1. The van der Waals surface area contributed by atoms with E-state index < -0.39 is 0 Å². The molecule has 0 saturated heterocycles. The van der Waals surface area contributed by atoms with Crippen molar-refractivity contribution in [3.05, 3.63) is 0 Å². The van der Waals surface area contributed by atoms with Gasteiger partial charge in [0, 0.05) is 19.5 Å². The van der Waals surface area contributed by atoms with Crippen molar-refractivity contribution in [1.82, 2.24) is 15.5 Å². The molecule has 0 heterocycles. The smallest absolute Gasteiger partial charge is 0.219 e. The van der Waals surface area contributed by atoms with Gasteiger partial charge >= 0.3 is 0 Å². The maximum Gasteiger partial charge on any atom is 0.219 e. The summed E-state index contributed by atoms with van der Waals surface area (Å²) in [5, 5.41) is 6.11. The number of nitrogens with zero attached hydrogens (tertiary/aromatic N) is 1. The van der Waals surface area contributed by atoms with Gasteiger partial charge in [-0.05, 0) is 52.4 Å². The molecule has 0 rings (SSSR count). The Bertz CT molecular complexity index is 205. The predicted molar refractivity (Wildman–Crippen MR) is 77.8 cm³/mol. The molecule has 0 saturated carbocycles. The number of carbonyl (C=O) groups excluding carboxylic acids is 1. The molecule has 0 aliphatic carbocycles. The number of nitrogens with one attached hydrogen (secondary N) is 2. The number of amides is 1. The highest BCUT2D eigenvalue weighted by Crippen LogP contribution is 2.00. The van der Waals surface area contributed by atoms with Gasteiger partial charge in [0.2, 0.25) is 5.91 Å². The third-order valence-corrected chi connectivity index (χ3v) is 3.36. The zero-order valence-electron chi connectivity index (χ0n) is 12.6. The Kier molecular flexibility index (Phi) is 11.1. The number of rotatable bonds is 11. The Morgan fingerprint density at radius 2 is 1.89 bits per heavy atom. The summed E-state index contributed by atoms with van der Waals surface area (Å²) in [7, 11) is 1.69. The fourth-order valence-electron chi connectivity index (χ4n) is 1.99. The molecule has 0 aliphatic heterocycles. The van der Waals surface area contributed by atoms with E-state index in [1.165, 1.54) is 19.4 Å². The summed E-state index contributed by atoms with van der Waals surface area (Å²) >= 11 is 0. The molecule has 0 bridgehead atoms. The van der Waals surface area contributed by atoms with Gasteiger partial charge in [0.1, 0.15) is 0 Å². The highest BCUT2D eigenvalue weighted by molar-refractivity contribution is 5.75. The summed E-state index contributed by atoms with van der Waals surface area (Å²) in [6.45, 7) is 11.1. The molecule has 0 fully saturated rings. The van der Waals surface area contributed by atoms with E-state index in [4.69, 9.17) is 0 Å². The Morgan fingerprint density at radius 3 is 2.44 bits per heavy atom. The Hall–Kier alpha value is -0.610. The average molecular weight is 257 g/mol.